The highest BCUT2D eigenvalue weighted by Gasteiger charge is 2.36. The van der Waals surface area contributed by atoms with Crippen LogP contribution in [0.1, 0.15) is 21.6 Å². The smallest absolute Gasteiger partial charge is 0.337 e. The molecule has 4 rings (SSSR count). The van der Waals surface area contributed by atoms with Crippen LogP contribution in [0.3, 0.4) is 0 Å². The van der Waals surface area contributed by atoms with Crippen molar-refractivity contribution in [3.05, 3.63) is 53.3 Å². The van der Waals surface area contributed by atoms with Crippen molar-refractivity contribution in [1.82, 2.24) is 19.5 Å². The Hall–Kier alpha value is -2.55. The highest BCUT2D eigenvalue weighted by molar-refractivity contribution is 7.99. The molecule has 0 N–H and O–H groups in total. The first kappa shape index (κ1) is 18.8. The van der Waals surface area contributed by atoms with E-state index in [4.69, 9.17) is 0 Å². The van der Waals surface area contributed by atoms with Crippen molar-refractivity contribution in [2.75, 3.05) is 24.6 Å². The monoisotopic (exact) mass is 406 g/mol. The summed E-state index contributed by atoms with van der Waals surface area (Å²) in [6.07, 6.45) is -3.45. The number of hydrogen-bond acceptors (Lipinski definition) is 4. The summed E-state index contributed by atoms with van der Waals surface area (Å²) in [5.41, 5.74) is 0.751. The number of alkyl halides is 3. The van der Waals surface area contributed by atoms with Gasteiger partial charge >= 0.3 is 6.18 Å². The quantitative estimate of drug-likeness (QED) is 0.648. The van der Waals surface area contributed by atoms with Crippen LogP contribution in [0.15, 0.2) is 36.5 Å². The molecule has 9 heteroatoms. The summed E-state index contributed by atoms with van der Waals surface area (Å²) < 4.78 is 41.7. The van der Waals surface area contributed by atoms with E-state index < -0.39 is 11.9 Å². The summed E-state index contributed by atoms with van der Waals surface area (Å²) in [6, 6.07) is 8.02. The number of nitrogens with zero attached hydrogens (tertiary/aromatic N) is 4. The van der Waals surface area contributed by atoms with Gasteiger partial charge in [-0.15, -0.1) is 0 Å². The van der Waals surface area contributed by atoms with Crippen LogP contribution in [0, 0.1) is 6.92 Å². The van der Waals surface area contributed by atoms with E-state index in [2.05, 4.69) is 10.1 Å². The molecular weight excluding hydrogens is 389 g/mol. The molecule has 5 nitrogen and oxygen atoms in total. The molecule has 3 aromatic rings. The summed E-state index contributed by atoms with van der Waals surface area (Å²) in [6.45, 7) is 3.02. The molecule has 1 saturated heterocycles. The van der Waals surface area contributed by atoms with E-state index in [1.54, 1.807) is 28.8 Å². The van der Waals surface area contributed by atoms with Crippen LogP contribution in [0.4, 0.5) is 13.2 Å². The molecule has 0 atom stereocenters. The summed E-state index contributed by atoms with van der Waals surface area (Å²) in [5, 5.41) is 3.83. The number of aromatic nitrogens is 3. The first-order valence-corrected chi connectivity index (χ1v) is 9.90. The van der Waals surface area contributed by atoms with Gasteiger partial charge in [-0.05, 0) is 13.0 Å². The number of fused-ring (bicyclic) bond motifs is 1. The Bertz CT molecular complexity index is 1020. The van der Waals surface area contributed by atoms with Gasteiger partial charge in [0.2, 0.25) is 0 Å². The predicted molar refractivity (Wildman–Crippen MR) is 101 cm³/mol. The third-order valence-electron chi connectivity index (χ3n) is 4.64. The molecule has 1 aromatic carbocycles. The maximum absolute atomic E-state index is 13.7. The van der Waals surface area contributed by atoms with Gasteiger partial charge in [-0.1, -0.05) is 29.8 Å². The summed E-state index contributed by atoms with van der Waals surface area (Å²) in [5.74, 6) is 1.28. The van der Waals surface area contributed by atoms with Gasteiger partial charge in [-0.3, -0.25) is 4.79 Å². The van der Waals surface area contributed by atoms with Gasteiger partial charge in [0, 0.05) is 30.2 Å². The lowest BCUT2D eigenvalue weighted by Crippen LogP contribution is -2.37. The molecule has 146 valence electrons. The number of aryl methyl sites for hydroxylation is 1. The van der Waals surface area contributed by atoms with Crippen LogP contribution in [-0.2, 0) is 6.18 Å². The van der Waals surface area contributed by atoms with Gasteiger partial charge in [-0.2, -0.15) is 30.0 Å². The molecule has 2 aromatic heterocycles. The first-order chi connectivity index (χ1) is 13.3. The molecule has 0 aliphatic carbocycles. The van der Waals surface area contributed by atoms with Crippen molar-refractivity contribution in [1.29, 1.82) is 0 Å². The maximum Gasteiger partial charge on any atom is 0.433 e. The average Bonchev–Trinajstić information content (AvgIpc) is 3.11. The Morgan fingerprint density at radius 2 is 1.82 bits per heavy atom. The summed E-state index contributed by atoms with van der Waals surface area (Å²) in [4.78, 5) is 18.9. The minimum atomic E-state index is -4.63. The van der Waals surface area contributed by atoms with Crippen LogP contribution >= 0.6 is 11.8 Å². The number of rotatable bonds is 2. The molecule has 1 fully saturated rings. The van der Waals surface area contributed by atoms with Crippen molar-refractivity contribution in [2.45, 2.75) is 13.1 Å². The molecule has 0 saturated carbocycles. The van der Waals surface area contributed by atoms with Crippen LogP contribution in [0.2, 0.25) is 0 Å². The lowest BCUT2D eigenvalue weighted by Gasteiger charge is -2.25. The van der Waals surface area contributed by atoms with E-state index in [1.807, 2.05) is 19.1 Å². The third-order valence-corrected chi connectivity index (χ3v) is 5.58. The van der Waals surface area contributed by atoms with Gasteiger partial charge in [0.15, 0.2) is 11.3 Å². The Kier molecular flexibility index (Phi) is 4.78. The second kappa shape index (κ2) is 7.12. The van der Waals surface area contributed by atoms with Crippen molar-refractivity contribution >= 4 is 23.3 Å². The fourth-order valence-corrected chi connectivity index (χ4v) is 4.03. The molecule has 1 aliphatic rings. The molecule has 0 bridgehead atoms. The van der Waals surface area contributed by atoms with Crippen molar-refractivity contribution in [3.8, 4) is 11.3 Å². The Balaban J connectivity index is 1.87. The second-order valence-electron chi connectivity index (χ2n) is 6.59. The van der Waals surface area contributed by atoms with E-state index in [9.17, 15) is 18.0 Å². The summed E-state index contributed by atoms with van der Waals surface area (Å²) >= 11 is 1.74. The van der Waals surface area contributed by atoms with Crippen molar-refractivity contribution in [2.24, 2.45) is 0 Å². The van der Waals surface area contributed by atoms with Crippen molar-refractivity contribution < 1.29 is 18.0 Å². The lowest BCUT2D eigenvalue weighted by molar-refractivity contribution is -0.142. The highest BCUT2D eigenvalue weighted by Crippen LogP contribution is 2.33. The minimum Gasteiger partial charge on any atom is -0.337 e. The number of hydrogen-bond donors (Lipinski definition) is 0. The molecule has 0 radical (unpaired) electrons. The SMILES string of the molecule is Cc1ccc(-c2cc(C(F)(F)F)n3ncc(C(=O)N4CCSCC4)c3n2)cc1. The highest BCUT2D eigenvalue weighted by atomic mass is 32.2. The summed E-state index contributed by atoms with van der Waals surface area (Å²) in [7, 11) is 0. The van der Waals surface area contributed by atoms with Crippen molar-refractivity contribution in [3.63, 3.8) is 0 Å². The van der Waals surface area contributed by atoms with Crippen LogP contribution in [0.25, 0.3) is 16.9 Å². The predicted octanol–water partition coefficient (Wildman–Crippen LogP) is 3.91. The number of benzene rings is 1. The van der Waals surface area contributed by atoms with E-state index >= 15 is 0 Å². The molecular formula is C19H17F3N4OS. The fraction of sp³-hybridized carbons (Fsp3) is 0.316. The van der Waals surface area contributed by atoms with Gasteiger partial charge in [0.1, 0.15) is 5.56 Å². The van der Waals surface area contributed by atoms with Gasteiger partial charge < -0.3 is 4.90 Å². The zero-order chi connectivity index (χ0) is 19.9. The Morgan fingerprint density at radius 3 is 2.46 bits per heavy atom. The molecule has 3 heterocycles. The number of carbonyl (C=O) groups is 1. The van der Waals surface area contributed by atoms with Crippen LogP contribution in [0.5, 0.6) is 0 Å². The van der Waals surface area contributed by atoms with E-state index in [0.29, 0.717) is 23.2 Å². The van der Waals surface area contributed by atoms with E-state index in [0.717, 1.165) is 23.1 Å². The zero-order valence-electron chi connectivity index (χ0n) is 15.0. The Labute approximate surface area is 163 Å². The maximum atomic E-state index is 13.7. The largest absolute Gasteiger partial charge is 0.433 e. The first-order valence-electron chi connectivity index (χ1n) is 8.74. The third kappa shape index (κ3) is 3.46. The zero-order valence-corrected chi connectivity index (χ0v) is 15.8. The lowest BCUT2D eigenvalue weighted by atomic mass is 10.1. The number of amides is 1. The number of halogens is 3. The number of thioether (sulfide) groups is 1. The molecule has 1 amide bonds. The van der Waals surface area contributed by atoms with E-state index in [-0.39, 0.29) is 22.8 Å². The van der Waals surface area contributed by atoms with Crippen LogP contribution < -0.4 is 0 Å². The standard InChI is InChI=1S/C19H17F3N4OS/c1-12-2-4-13(5-3-12)15-10-16(19(20,21)22)26-17(24-15)14(11-23-26)18(27)25-6-8-28-9-7-25/h2-5,10-11H,6-9H2,1H3. The molecule has 0 unspecified atom stereocenters. The molecule has 28 heavy (non-hydrogen) atoms. The van der Waals surface area contributed by atoms with Crippen LogP contribution in [-0.4, -0.2) is 50.0 Å². The average molecular weight is 406 g/mol. The topological polar surface area (TPSA) is 50.5 Å². The second-order valence-corrected chi connectivity index (χ2v) is 7.81. The van der Waals surface area contributed by atoms with Gasteiger partial charge in [-0.25, -0.2) is 9.50 Å². The number of carbonyl (C=O) groups excluding carboxylic acids is 1. The van der Waals surface area contributed by atoms with Gasteiger partial charge in [0.25, 0.3) is 5.91 Å². The fourth-order valence-electron chi connectivity index (χ4n) is 3.12. The Morgan fingerprint density at radius 1 is 1.14 bits per heavy atom. The normalized spacial score (nSPS) is 15.2. The molecule has 0 spiro atoms. The van der Waals surface area contributed by atoms with E-state index in [1.165, 1.54) is 6.20 Å². The van der Waals surface area contributed by atoms with Gasteiger partial charge in [0.05, 0.1) is 11.9 Å². The minimum absolute atomic E-state index is 0.0753. The molecule has 1 aliphatic heterocycles.